The van der Waals surface area contributed by atoms with Crippen LogP contribution in [0.4, 0.5) is 0 Å². The minimum Gasteiger partial charge on any atom is -0.352 e. The SMILES string of the molecule is Cc1ccccc1-c1ccc2c(c1)CCC1N(C)C(=O)CC[C@]21C.Cc1ccccc1-c1ccc2c(c1)CCC1NC(=O)CC[C@]21C. The number of likely N-dealkylation sites (tertiary alicyclic amines) is 1. The highest BCUT2D eigenvalue weighted by atomic mass is 16.2. The molecule has 2 aliphatic carbocycles. The number of nitrogens with zero attached hydrogens (tertiary/aromatic N) is 1. The zero-order chi connectivity index (χ0) is 32.9. The maximum absolute atomic E-state index is 12.1. The van der Waals surface area contributed by atoms with Crippen molar-refractivity contribution in [1.82, 2.24) is 10.2 Å². The summed E-state index contributed by atoms with van der Waals surface area (Å²) in [5, 5.41) is 3.22. The van der Waals surface area contributed by atoms with E-state index in [9.17, 15) is 9.59 Å². The Morgan fingerprint density at radius 3 is 1.79 bits per heavy atom. The Morgan fingerprint density at radius 2 is 1.19 bits per heavy atom. The molecule has 4 nitrogen and oxygen atoms in total. The van der Waals surface area contributed by atoms with E-state index in [2.05, 4.69) is 118 Å². The number of hydrogen-bond acceptors (Lipinski definition) is 2. The molecule has 4 aliphatic rings. The lowest BCUT2D eigenvalue weighted by Crippen LogP contribution is -2.56. The van der Waals surface area contributed by atoms with E-state index in [1.807, 2.05) is 11.9 Å². The van der Waals surface area contributed by atoms with Crippen LogP contribution in [0.3, 0.4) is 0 Å². The summed E-state index contributed by atoms with van der Waals surface area (Å²) < 4.78 is 0. The summed E-state index contributed by atoms with van der Waals surface area (Å²) in [5.74, 6) is 0.518. The first-order chi connectivity index (χ1) is 22.6. The molecule has 0 radical (unpaired) electrons. The van der Waals surface area contributed by atoms with Gasteiger partial charge in [0.15, 0.2) is 0 Å². The van der Waals surface area contributed by atoms with Gasteiger partial charge in [-0.1, -0.05) is 98.8 Å². The third-order valence-electron chi connectivity index (χ3n) is 12.2. The second kappa shape index (κ2) is 12.1. The van der Waals surface area contributed by atoms with Gasteiger partial charge in [0.1, 0.15) is 0 Å². The molecule has 4 heteroatoms. The van der Waals surface area contributed by atoms with Crippen LogP contribution in [0.25, 0.3) is 22.3 Å². The molecule has 0 saturated carbocycles. The van der Waals surface area contributed by atoms with Gasteiger partial charge in [0.25, 0.3) is 0 Å². The number of likely N-dealkylation sites (N-methyl/N-ethyl adjacent to an activating group) is 1. The van der Waals surface area contributed by atoms with Crippen LogP contribution in [-0.2, 0) is 33.3 Å². The number of carbonyl (C=O) groups is 2. The van der Waals surface area contributed by atoms with Crippen molar-refractivity contribution in [3.05, 3.63) is 118 Å². The number of piperidine rings is 2. The van der Waals surface area contributed by atoms with Crippen LogP contribution in [0.2, 0.25) is 0 Å². The largest absolute Gasteiger partial charge is 0.352 e. The predicted molar refractivity (Wildman–Crippen MR) is 192 cm³/mol. The molecule has 47 heavy (non-hydrogen) atoms. The highest BCUT2D eigenvalue weighted by Crippen LogP contribution is 2.47. The third kappa shape index (κ3) is 5.50. The highest BCUT2D eigenvalue weighted by molar-refractivity contribution is 5.79. The normalized spacial score (nSPS) is 26.1. The van der Waals surface area contributed by atoms with Gasteiger partial charge in [-0.05, 0) is 108 Å². The molecule has 1 N–H and O–H groups in total. The van der Waals surface area contributed by atoms with Gasteiger partial charge in [-0.15, -0.1) is 0 Å². The van der Waals surface area contributed by atoms with Crippen molar-refractivity contribution in [3.8, 4) is 22.3 Å². The van der Waals surface area contributed by atoms with Gasteiger partial charge >= 0.3 is 0 Å². The van der Waals surface area contributed by atoms with Gasteiger partial charge in [0.2, 0.25) is 11.8 Å². The first kappa shape index (κ1) is 31.4. The molecule has 4 aromatic rings. The Morgan fingerprint density at radius 1 is 0.660 bits per heavy atom. The minimum absolute atomic E-state index is 0.0890. The molecule has 2 amide bonds. The molecule has 2 heterocycles. The average molecular weight is 625 g/mol. The fraction of sp³-hybridized carbons (Fsp3) is 0.395. The second-order valence-electron chi connectivity index (χ2n) is 14.9. The molecule has 0 aromatic heterocycles. The fourth-order valence-electron chi connectivity index (χ4n) is 9.26. The number of benzene rings is 4. The van der Waals surface area contributed by atoms with Crippen LogP contribution in [0.1, 0.15) is 85.8 Å². The van der Waals surface area contributed by atoms with Gasteiger partial charge in [0.05, 0.1) is 0 Å². The molecule has 2 aliphatic heterocycles. The molecular weight excluding hydrogens is 576 g/mol. The molecule has 4 atom stereocenters. The summed E-state index contributed by atoms with van der Waals surface area (Å²) in [7, 11) is 1.98. The van der Waals surface area contributed by atoms with Gasteiger partial charge in [0, 0.05) is 42.8 Å². The smallest absolute Gasteiger partial charge is 0.222 e. The van der Waals surface area contributed by atoms with Crippen molar-refractivity contribution in [1.29, 1.82) is 0 Å². The minimum atomic E-state index is 0.0890. The summed E-state index contributed by atoms with van der Waals surface area (Å²) >= 11 is 0. The van der Waals surface area contributed by atoms with E-state index < -0.39 is 0 Å². The average Bonchev–Trinajstić information content (AvgIpc) is 3.07. The predicted octanol–water partition coefficient (Wildman–Crippen LogP) is 8.63. The zero-order valence-electron chi connectivity index (χ0n) is 28.7. The van der Waals surface area contributed by atoms with Crippen LogP contribution < -0.4 is 5.32 Å². The van der Waals surface area contributed by atoms with E-state index in [1.54, 1.807) is 0 Å². The summed E-state index contributed by atoms with van der Waals surface area (Å²) in [5.41, 5.74) is 13.9. The number of fused-ring (bicyclic) bond motifs is 6. The fourth-order valence-corrected chi connectivity index (χ4v) is 9.26. The van der Waals surface area contributed by atoms with Crippen LogP contribution in [-0.4, -0.2) is 35.8 Å². The summed E-state index contributed by atoms with van der Waals surface area (Å²) in [6.45, 7) is 9.02. The molecule has 2 saturated heterocycles. The van der Waals surface area contributed by atoms with Crippen molar-refractivity contribution in [2.45, 2.75) is 102 Å². The topological polar surface area (TPSA) is 49.4 Å². The molecule has 0 spiro atoms. The van der Waals surface area contributed by atoms with E-state index in [1.165, 1.54) is 55.6 Å². The van der Waals surface area contributed by atoms with Crippen LogP contribution in [0.5, 0.6) is 0 Å². The molecule has 0 bridgehead atoms. The van der Waals surface area contributed by atoms with Crippen molar-refractivity contribution < 1.29 is 9.59 Å². The van der Waals surface area contributed by atoms with Crippen molar-refractivity contribution in [2.24, 2.45) is 0 Å². The Labute approximate surface area is 280 Å². The van der Waals surface area contributed by atoms with E-state index >= 15 is 0 Å². The van der Waals surface area contributed by atoms with Gasteiger partial charge in [-0.25, -0.2) is 0 Å². The number of nitrogens with one attached hydrogen (secondary N) is 1. The van der Waals surface area contributed by atoms with Crippen molar-refractivity contribution in [2.75, 3.05) is 7.05 Å². The second-order valence-corrected chi connectivity index (χ2v) is 14.9. The maximum Gasteiger partial charge on any atom is 0.222 e. The van der Waals surface area contributed by atoms with Crippen LogP contribution in [0, 0.1) is 13.8 Å². The van der Waals surface area contributed by atoms with Gasteiger partial charge in [-0.2, -0.15) is 0 Å². The number of carbonyl (C=O) groups excluding carboxylic acids is 2. The molecule has 8 rings (SSSR count). The lowest BCUT2D eigenvalue weighted by Gasteiger charge is -2.50. The Bertz CT molecular complexity index is 1860. The van der Waals surface area contributed by atoms with Gasteiger partial charge in [-0.3, -0.25) is 9.59 Å². The Kier molecular flexibility index (Phi) is 8.10. The Balaban J connectivity index is 0.000000150. The molecular formula is C43H48N2O2. The maximum atomic E-state index is 12.1. The van der Waals surface area contributed by atoms with Crippen LogP contribution in [0.15, 0.2) is 84.9 Å². The Hall–Kier alpha value is -4.18. The standard InChI is InChI=1S/C22H25NO.C21H23NO/c1-15-6-4-5-7-18(15)16-8-10-19-17(14-16)9-11-20-22(19,2)13-12-21(24)23(20)3;1-14-5-3-4-6-17(14)15-7-9-18-16(13-15)8-10-19-21(18,2)12-11-20(23)22-19/h4-8,10,14,20H,9,11-13H2,1-3H3;3-7,9,13,19H,8,10-12H2,1-2H3,(H,22,23)/t20?,22-;19?,21-/m11/s1. The molecule has 242 valence electrons. The molecule has 4 aromatic carbocycles. The first-order valence-corrected chi connectivity index (χ1v) is 17.5. The highest BCUT2D eigenvalue weighted by Gasteiger charge is 2.47. The van der Waals surface area contributed by atoms with Crippen molar-refractivity contribution in [3.63, 3.8) is 0 Å². The van der Waals surface area contributed by atoms with Crippen molar-refractivity contribution >= 4 is 11.8 Å². The van der Waals surface area contributed by atoms with E-state index in [-0.39, 0.29) is 16.7 Å². The van der Waals surface area contributed by atoms with E-state index in [4.69, 9.17) is 0 Å². The quantitative estimate of drug-likeness (QED) is 0.243. The lowest BCUT2D eigenvalue weighted by molar-refractivity contribution is -0.138. The van der Waals surface area contributed by atoms with Gasteiger partial charge < -0.3 is 10.2 Å². The van der Waals surface area contributed by atoms with Crippen LogP contribution >= 0.6 is 0 Å². The number of aryl methyl sites for hydroxylation is 4. The monoisotopic (exact) mass is 624 g/mol. The molecule has 2 unspecified atom stereocenters. The third-order valence-corrected chi connectivity index (χ3v) is 12.2. The zero-order valence-corrected chi connectivity index (χ0v) is 28.7. The number of hydrogen-bond donors (Lipinski definition) is 1. The first-order valence-electron chi connectivity index (χ1n) is 17.5. The summed E-state index contributed by atoms with van der Waals surface area (Å²) in [4.78, 5) is 25.8. The van der Waals surface area contributed by atoms with E-state index in [0.29, 0.717) is 30.8 Å². The summed E-state index contributed by atoms with van der Waals surface area (Å²) in [6.07, 6.45) is 7.48. The summed E-state index contributed by atoms with van der Waals surface area (Å²) in [6, 6.07) is 31.7. The van der Waals surface area contributed by atoms with E-state index in [0.717, 1.165) is 38.5 Å². The number of rotatable bonds is 2. The number of amides is 2. The lowest BCUT2D eigenvalue weighted by atomic mass is 9.63. The molecule has 2 fully saturated rings.